The number of fused-ring (bicyclic) bond motifs is 1. The Labute approximate surface area is 73.2 Å². The highest BCUT2D eigenvalue weighted by atomic mass is 16.4. The summed E-state index contributed by atoms with van der Waals surface area (Å²) < 4.78 is 1.00. The van der Waals surface area contributed by atoms with E-state index in [0.717, 1.165) is 4.57 Å². The molecule has 0 unspecified atom stereocenters. The Kier molecular flexibility index (Phi) is 1.48. The second-order valence-corrected chi connectivity index (χ2v) is 2.51. The lowest BCUT2D eigenvalue weighted by Gasteiger charge is -2.06. The molecule has 0 aromatic heterocycles. The van der Waals surface area contributed by atoms with Crippen molar-refractivity contribution in [2.75, 3.05) is 0 Å². The third kappa shape index (κ3) is 1.03. The molecule has 2 rings (SSSR count). The molecule has 13 heavy (non-hydrogen) atoms. The first-order chi connectivity index (χ1) is 6.20. The van der Waals surface area contributed by atoms with Crippen molar-refractivity contribution in [3.8, 4) is 11.5 Å². The van der Waals surface area contributed by atoms with Crippen LogP contribution in [-0.4, -0.2) is 30.7 Å². The van der Waals surface area contributed by atoms with Gasteiger partial charge in [0.1, 0.15) is 17.8 Å². The molecule has 6 heteroatoms. The number of imidazole rings is 1. The van der Waals surface area contributed by atoms with Gasteiger partial charge in [-0.25, -0.2) is 24.3 Å². The summed E-state index contributed by atoms with van der Waals surface area (Å²) >= 11 is 0. The lowest BCUT2D eigenvalue weighted by atomic mass is 10.4. The van der Waals surface area contributed by atoms with Gasteiger partial charge < -0.3 is 5.11 Å². The molecular formula is C7H6N4O2. The van der Waals surface area contributed by atoms with E-state index in [4.69, 9.17) is 5.11 Å². The summed E-state index contributed by atoms with van der Waals surface area (Å²) in [5.74, 6) is 0.695. The zero-order chi connectivity index (χ0) is 9.42. The normalized spacial score (nSPS) is 10.5. The molecule has 0 aliphatic carbocycles. The first kappa shape index (κ1) is 7.66. The van der Waals surface area contributed by atoms with Crippen molar-refractivity contribution in [1.82, 2.24) is 19.5 Å². The smallest absolute Gasteiger partial charge is 0.418 e. The van der Waals surface area contributed by atoms with E-state index in [9.17, 15) is 4.79 Å². The molecule has 2 heterocycles. The molecule has 0 fully saturated rings. The lowest BCUT2D eigenvalue weighted by molar-refractivity contribution is 0.195. The number of aromatic nitrogens is 4. The van der Waals surface area contributed by atoms with Crippen LogP contribution in [0.4, 0.5) is 4.79 Å². The van der Waals surface area contributed by atoms with Crippen molar-refractivity contribution >= 4 is 6.09 Å². The standard InChI is InChI=1S/C7H6N4O2/c1-4-8-2-5-6(10-3-9-5)11(4)7(12)13/h2-3H,1H3,(H,12,13). The molecule has 0 saturated carbocycles. The summed E-state index contributed by atoms with van der Waals surface area (Å²) in [7, 11) is 0. The maximum atomic E-state index is 10.8. The summed E-state index contributed by atoms with van der Waals surface area (Å²) in [4.78, 5) is 22.3. The Morgan fingerprint density at radius 1 is 1.46 bits per heavy atom. The third-order valence-electron chi connectivity index (χ3n) is 1.71. The van der Waals surface area contributed by atoms with Gasteiger partial charge in [-0.3, -0.25) is 0 Å². The molecule has 6 nitrogen and oxygen atoms in total. The van der Waals surface area contributed by atoms with Gasteiger partial charge in [-0.05, 0) is 6.92 Å². The molecule has 0 atom stereocenters. The van der Waals surface area contributed by atoms with Gasteiger partial charge in [0.05, 0.1) is 6.20 Å². The Bertz CT molecular complexity index is 436. The Hall–Kier alpha value is -1.98. The molecule has 0 radical (unpaired) electrons. The quantitative estimate of drug-likeness (QED) is 0.639. The topological polar surface area (TPSA) is 80.9 Å². The fraction of sp³-hybridized carbons (Fsp3) is 0.143. The zero-order valence-corrected chi connectivity index (χ0v) is 6.80. The van der Waals surface area contributed by atoms with Crippen LogP contribution >= 0.6 is 0 Å². The first-order valence-electron chi connectivity index (χ1n) is 3.58. The van der Waals surface area contributed by atoms with Crippen molar-refractivity contribution in [2.45, 2.75) is 6.92 Å². The van der Waals surface area contributed by atoms with Gasteiger partial charge in [-0.1, -0.05) is 0 Å². The second kappa shape index (κ2) is 2.51. The molecule has 0 spiro atoms. The Morgan fingerprint density at radius 3 is 2.92 bits per heavy atom. The van der Waals surface area contributed by atoms with E-state index >= 15 is 0 Å². The van der Waals surface area contributed by atoms with Crippen LogP contribution < -0.4 is 0 Å². The molecule has 1 N–H and O–H groups in total. The summed E-state index contributed by atoms with van der Waals surface area (Å²) in [5.41, 5.74) is 0.480. The number of hydrogen-bond acceptors (Lipinski definition) is 4. The van der Waals surface area contributed by atoms with Crippen molar-refractivity contribution in [3.05, 3.63) is 18.3 Å². The van der Waals surface area contributed by atoms with Crippen molar-refractivity contribution in [2.24, 2.45) is 0 Å². The minimum atomic E-state index is -1.10. The average Bonchev–Trinajstić information content (AvgIpc) is 2.50. The first-order valence-corrected chi connectivity index (χ1v) is 3.58. The molecule has 2 aliphatic heterocycles. The molecule has 0 aromatic rings. The predicted octanol–water partition coefficient (Wildman–Crippen LogP) is 0.612. The zero-order valence-electron chi connectivity index (χ0n) is 6.80. The van der Waals surface area contributed by atoms with E-state index in [2.05, 4.69) is 15.0 Å². The van der Waals surface area contributed by atoms with Gasteiger partial charge in [-0.15, -0.1) is 0 Å². The fourth-order valence-electron chi connectivity index (χ4n) is 1.13. The van der Waals surface area contributed by atoms with Crippen LogP contribution in [0.2, 0.25) is 0 Å². The molecule has 2 aliphatic rings. The van der Waals surface area contributed by atoms with E-state index in [0.29, 0.717) is 17.3 Å². The van der Waals surface area contributed by atoms with E-state index in [-0.39, 0.29) is 0 Å². The van der Waals surface area contributed by atoms with E-state index in [1.807, 2.05) is 0 Å². The van der Waals surface area contributed by atoms with Crippen molar-refractivity contribution in [3.63, 3.8) is 0 Å². The maximum absolute atomic E-state index is 10.8. The van der Waals surface area contributed by atoms with Crippen LogP contribution in [0.3, 0.4) is 0 Å². The average molecular weight is 178 g/mol. The molecule has 0 aromatic carbocycles. The summed E-state index contributed by atoms with van der Waals surface area (Å²) in [5, 5.41) is 8.84. The van der Waals surface area contributed by atoms with Gasteiger partial charge in [-0.2, -0.15) is 0 Å². The monoisotopic (exact) mass is 178 g/mol. The summed E-state index contributed by atoms with van der Waals surface area (Å²) in [6, 6.07) is 0. The number of rotatable bonds is 0. The largest absolute Gasteiger partial charge is 0.464 e. The van der Waals surface area contributed by atoms with E-state index in [1.54, 1.807) is 6.92 Å². The summed E-state index contributed by atoms with van der Waals surface area (Å²) in [6.45, 7) is 1.60. The summed E-state index contributed by atoms with van der Waals surface area (Å²) in [6.07, 6.45) is 1.71. The third-order valence-corrected chi connectivity index (χ3v) is 1.71. The molecule has 0 bridgehead atoms. The Morgan fingerprint density at radius 2 is 2.23 bits per heavy atom. The highest BCUT2D eigenvalue weighted by Crippen LogP contribution is 2.15. The van der Waals surface area contributed by atoms with Gasteiger partial charge in [0.2, 0.25) is 0 Å². The highest BCUT2D eigenvalue weighted by Gasteiger charge is 2.16. The molecule has 0 amide bonds. The number of hydrogen-bond donors (Lipinski definition) is 1. The van der Waals surface area contributed by atoms with Gasteiger partial charge in [0, 0.05) is 0 Å². The SMILES string of the molecule is Cc1ncc2ncnc-2n1C(=O)O. The lowest BCUT2D eigenvalue weighted by Crippen LogP contribution is -2.16. The van der Waals surface area contributed by atoms with Crippen molar-refractivity contribution < 1.29 is 9.90 Å². The van der Waals surface area contributed by atoms with E-state index in [1.165, 1.54) is 12.5 Å². The van der Waals surface area contributed by atoms with Crippen LogP contribution in [0.5, 0.6) is 0 Å². The number of carbonyl (C=O) groups is 1. The fourth-order valence-corrected chi connectivity index (χ4v) is 1.13. The molecule has 0 saturated heterocycles. The maximum Gasteiger partial charge on any atom is 0.418 e. The number of nitrogens with zero attached hydrogens (tertiary/aromatic N) is 4. The molecule has 66 valence electrons. The number of aryl methyl sites for hydroxylation is 1. The minimum Gasteiger partial charge on any atom is -0.464 e. The number of carboxylic acid groups (broad SMARTS) is 1. The second-order valence-electron chi connectivity index (χ2n) is 2.51. The van der Waals surface area contributed by atoms with Gasteiger partial charge in [0.15, 0.2) is 5.82 Å². The Balaban J connectivity index is 2.79. The van der Waals surface area contributed by atoms with Crippen LogP contribution in [0.25, 0.3) is 11.5 Å². The van der Waals surface area contributed by atoms with Crippen LogP contribution in [-0.2, 0) is 0 Å². The van der Waals surface area contributed by atoms with Gasteiger partial charge in [0.25, 0.3) is 0 Å². The van der Waals surface area contributed by atoms with Crippen molar-refractivity contribution in [1.29, 1.82) is 0 Å². The van der Waals surface area contributed by atoms with Gasteiger partial charge >= 0.3 is 6.09 Å². The van der Waals surface area contributed by atoms with Crippen LogP contribution in [0.15, 0.2) is 12.5 Å². The van der Waals surface area contributed by atoms with Crippen LogP contribution in [0.1, 0.15) is 5.82 Å². The minimum absolute atomic E-state index is 0.319. The predicted molar refractivity (Wildman–Crippen MR) is 42.6 cm³/mol. The molecular weight excluding hydrogens is 172 g/mol. The highest BCUT2D eigenvalue weighted by molar-refractivity contribution is 5.74. The van der Waals surface area contributed by atoms with Crippen LogP contribution in [0, 0.1) is 6.92 Å². The van der Waals surface area contributed by atoms with E-state index < -0.39 is 6.09 Å².